The van der Waals surface area contributed by atoms with Gasteiger partial charge >= 0.3 is 0 Å². The van der Waals surface area contributed by atoms with Crippen molar-refractivity contribution < 1.29 is 13.2 Å². The van der Waals surface area contributed by atoms with Crippen LogP contribution in [0.1, 0.15) is 22.2 Å². The molecule has 0 fully saturated rings. The summed E-state index contributed by atoms with van der Waals surface area (Å²) in [7, 11) is -3.81. The van der Waals surface area contributed by atoms with Gasteiger partial charge in [0.05, 0.1) is 28.2 Å². The fourth-order valence-corrected chi connectivity index (χ4v) is 3.21. The number of hydrogen-bond acceptors (Lipinski definition) is 8. The zero-order valence-electron chi connectivity index (χ0n) is 14.0. The first-order valence-electron chi connectivity index (χ1n) is 7.47. The van der Waals surface area contributed by atoms with Gasteiger partial charge in [0.2, 0.25) is 20.8 Å². The van der Waals surface area contributed by atoms with Gasteiger partial charge < -0.3 is 4.98 Å². The van der Waals surface area contributed by atoms with Crippen LogP contribution in [0.5, 0.6) is 0 Å². The highest BCUT2D eigenvalue weighted by Gasteiger charge is 2.29. The number of nitrogens with one attached hydrogen (secondary N) is 1. The van der Waals surface area contributed by atoms with E-state index >= 15 is 0 Å². The summed E-state index contributed by atoms with van der Waals surface area (Å²) in [5, 5.41) is 9.12. The Balaban J connectivity index is 2.14. The summed E-state index contributed by atoms with van der Waals surface area (Å²) in [6.45, 7) is 0. The van der Waals surface area contributed by atoms with Crippen molar-refractivity contribution in [3.05, 3.63) is 56.3 Å². The Morgan fingerprint density at radius 2 is 2.00 bits per heavy atom. The van der Waals surface area contributed by atoms with Gasteiger partial charge in [0, 0.05) is 11.3 Å². The second kappa shape index (κ2) is 7.27. The van der Waals surface area contributed by atoms with Gasteiger partial charge in [-0.25, -0.2) is 23.4 Å². The van der Waals surface area contributed by atoms with Gasteiger partial charge in [0.25, 0.3) is 5.56 Å². The third kappa shape index (κ3) is 3.73. The Labute approximate surface area is 167 Å². The lowest BCUT2D eigenvalue weighted by Crippen LogP contribution is -2.21. The maximum absolute atomic E-state index is 12.8. The van der Waals surface area contributed by atoms with Crippen LogP contribution in [-0.4, -0.2) is 40.4 Å². The second-order valence-corrected chi connectivity index (χ2v) is 8.41. The number of carbonyl (C=O) groups excluding carboxylic acids is 1. The number of aromatic nitrogens is 4. The normalized spacial score (nSPS) is 12.5. The molecule has 0 spiro atoms. The fourth-order valence-electron chi connectivity index (χ4n) is 2.35. The first-order chi connectivity index (χ1) is 13.1. The second-order valence-electron chi connectivity index (χ2n) is 5.66. The SMILES string of the molecule is CS(=O)(=O)c1ncc(Cl)c(C(=O)[C@H](C#N)c2nc3ccc(Cl)cc3c(=O)[nH]2)n1. The predicted molar refractivity (Wildman–Crippen MR) is 100 cm³/mol. The number of sulfone groups is 1. The number of ketones is 1. The number of nitriles is 1. The molecule has 3 aromatic rings. The number of rotatable bonds is 4. The maximum atomic E-state index is 12.8. The van der Waals surface area contributed by atoms with Crippen LogP contribution in [0.2, 0.25) is 10.0 Å². The summed E-state index contributed by atoms with van der Waals surface area (Å²) < 4.78 is 23.3. The van der Waals surface area contributed by atoms with Crippen LogP contribution in [0.15, 0.2) is 34.3 Å². The van der Waals surface area contributed by atoms with E-state index in [9.17, 15) is 23.3 Å². The number of H-pyrrole nitrogens is 1. The predicted octanol–water partition coefficient (Wildman–Crippen LogP) is 1.91. The van der Waals surface area contributed by atoms with Crippen molar-refractivity contribution in [1.82, 2.24) is 19.9 Å². The van der Waals surface area contributed by atoms with E-state index in [1.165, 1.54) is 18.2 Å². The fraction of sp³-hybridized carbons (Fsp3) is 0.125. The molecule has 1 aromatic carbocycles. The van der Waals surface area contributed by atoms with Crippen molar-refractivity contribution in [3.63, 3.8) is 0 Å². The smallest absolute Gasteiger partial charge is 0.258 e. The molecule has 0 saturated heterocycles. The molecule has 2 heterocycles. The summed E-state index contributed by atoms with van der Waals surface area (Å²) in [6, 6.07) is 6.10. The average molecular weight is 438 g/mol. The van der Waals surface area contributed by atoms with E-state index in [1.807, 2.05) is 0 Å². The largest absolute Gasteiger partial charge is 0.308 e. The molecule has 142 valence electrons. The molecule has 28 heavy (non-hydrogen) atoms. The van der Waals surface area contributed by atoms with Crippen LogP contribution in [0.4, 0.5) is 0 Å². The molecule has 0 bridgehead atoms. The molecule has 1 atom stereocenters. The van der Waals surface area contributed by atoms with Gasteiger partial charge in [-0.15, -0.1) is 0 Å². The van der Waals surface area contributed by atoms with Crippen LogP contribution in [0, 0.1) is 11.3 Å². The molecule has 9 nitrogen and oxygen atoms in total. The van der Waals surface area contributed by atoms with Gasteiger partial charge in [0.1, 0.15) is 11.5 Å². The highest BCUT2D eigenvalue weighted by Crippen LogP contribution is 2.23. The Morgan fingerprint density at radius 1 is 1.29 bits per heavy atom. The molecule has 0 saturated carbocycles. The van der Waals surface area contributed by atoms with Crippen molar-refractivity contribution in [2.45, 2.75) is 11.1 Å². The molecular weight excluding hydrogens is 429 g/mol. The summed E-state index contributed by atoms with van der Waals surface area (Å²) in [4.78, 5) is 38.8. The number of Topliss-reactive ketones (excluding diaryl/α,β-unsaturated/α-hetero) is 1. The number of nitrogens with zero attached hydrogens (tertiary/aromatic N) is 4. The molecule has 0 aliphatic heterocycles. The zero-order valence-corrected chi connectivity index (χ0v) is 16.3. The average Bonchev–Trinajstić information content (AvgIpc) is 2.62. The minimum Gasteiger partial charge on any atom is -0.308 e. The first-order valence-corrected chi connectivity index (χ1v) is 10.1. The Bertz CT molecular complexity index is 1330. The van der Waals surface area contributed by atoms with Gasteiger partial charge in [-0.3, -0.25) is 9.59 Å². The lowest BCUT2D eigenvalue weighted by molar-refractivity contribution is 0.0970. The third-order valence-corrected chi connectivity index (χ3v) is 5.01. The minimum atomic E-state index is -3.81. The lowest BCUT2D eigenvalue weighted by Gasteiger charge is -2.10. The topological polar surface area (TPSA) is 147 Å². The highest BCUT2D eigenvalue weighted by molar-refractivity contribution is 7.90. The molecule has 0 amide bonds. The van der Waals surface area contributed by atoms with Crippen molar-refractivity contribution in [2.75, 3.05) is 6.26 Å². The molecule has 1 N–H and O–H groups in total. The molecule has 2 aromatic heterocycles. The van der Waals surface area contributed by atoms with Crippen LogP contribution in [0.3, 0.4) is 0 Å². The number of halogens is 2. The van der Waals surface area contributed by atoms with Crippen molar-refractivity contribution in [3.8, 4) is 6.07 Å². The summed E-state index contributed by atoms with van der Waals surface area (Å²) in [6.07, 6.45) is 1.81. The molecule has 0 radical (unpaired) electrons. The van der Waals surface area contributed by atoms with Gasteiger partial charge in [-0.05, 0) is 18.2 Å². The Hall–Kier alpha value is -2.87. The van der Waals surface area contributed by atoms with Crippen LogP contribution in [0.25, 0.3) is 10.9 Å². The molecule has 3 rings (SSSR count). The van der Waals surface area contributed by atoms with E-state index in [4.69, 9.17) is 23.2 Å². The van der Waals surface area contributed by atoms with Crippen LogP contribution < -0.4 is 5.56 Å². The maximum Gasteiger partial charge on any atom is 0.258 e. The molecule has 0 aliphatic carbocycles. The lowest BCUT2D eigenvalue weighted by atomic mass is 10.0. The van der Waals surface area contributed by atoms with E-state index in [0.29, 0.717) is 5.02 Å². The molecular formula is C16H9Cl2N5O4S. The molecule has 12 heteroatoms. The van der Waals surface area contributed by atoms with E-state index in [-0.39, 0.29) is 21.7 Å². The number of carbonyl (C=O) groups is 1. The van der Waals surface area contributed by atoms with Gasteiger partial charge in [-0.2, -0.15) is 5.26 Å². The molecule has 0 unspecified atom stereocenters. The van der Waals surface area contributed by atoms with Gasteiger partial charge in [-0.1, -0.05) is 23.2 Å². The monoisotopic (exact) mass is 437 g/mol. The summed E-state index contributed by atoms with van der Waals surface area (Å²) >= 11 is 11.8. The highest BCUT2D eigenvalue weighted by atomic mass is 35.5. The molecule has 0 aliphatic rings. The standard InChI is InChI=1S/C16H9Cl2N5O4S/c1-28(26,27)16-20-6-10(18)12(22-16)13(24)9(5-19)14-21-11-3-2-7(17)4-8(11)15(25)23-14/h2-4,6,9H,1H3,(H,21,23,25)/t9-/m0/s1. The van der Waals surface area contributed by atoms with Crippen molar-refractivity contribution in [1.29, 1.82) is 5.26 Å². The Kier molecular flexibility index (Phi) is 5.16. The number of hydrogen-bond donors (Lipinski definition) is 1. The summed E-state index contributed by atoms with van der Waals surface area (Å²) in [5.74, 6) is -2.74. The van der Waals surface area contributed by atoms with E-state index in [2.05, 4.69) is 19.9 Å². The first kappa shape index (κ1) is 19.9. The zero-order chi connectivity index (χ0) is 20.6. The van der Waals surface area contributed by atoms with Crippen molar-refractivity contribution in [2.24, 2.45) is 0 Å². The van der Waals surface area contributed by atoms with Crippen molar-refractivity contribution >= 4 is 49.7 Å². The van der Waals surface area contributed by atoms with E-state index in [0.717, 1.165) is 12.5 Å². The Morgan fingerprint density at radius 3 is 2.64 bits per heavy atom. The third-order valence-electron chi connectivity index (χ3n) is 3.64. The van der Waals surface area contributed by atoms with Crippen LogP contribution in [-0.2, 0) is 9.84 Å². The number of aromatic amines is 1. The van der Waals surface area contributed by atoms with Gasteiger partial charge in [0.15, 0.2) is 5.92 Å². The van der Waals surface area contributed by atoms with E-state index in [1.54, 1.807) is 6.07 Å². The quantitative estimate of drug-likeness (QED) is 0.480. The number of fused-ring (bicyclic) bond motifs is 1. The van der Waals surface area contributed by atoms with Crippen LogP contribution >= 0.6 is 23.2 Å². The van der Waals surface area contributed by atoms with E-state index < -0.39 is 37.9 Å². The number of benzene rings is 1. The summed E-state index contributed by atoms with van der Waals surface area (Å²) in [5.41, 5.74) is -0.842. The minimum absolute atomic E-state index is 0.180.